The molecule has 0 saturated heterocycles. The smallest absolute Gasteiger partial charge is 0.272 e. The van der Waals surface area contributed by atoms with Gasteiger partial charge in [0.15, 0.2) is 4.80 Å². The molecule has 122 valence electrons. The maximum absolute atomic E-state index is 12.2. The molecule has 0 bridgehead atoms. The van der Waals surface area contributed by atoms with Crippen LogP contribution in [0.15, 0.2) is 53.5 Å². The largest absolute Gasteiger partial charge is 0.315 e. The number of halogens is 2. The van der Waals surface area contributed by atoms with Crippen LogP contribution in [0.4, 0.5) is 0 Å². The van der Waals surface area contributed by atoms with Crippen molar-refractivity contribution in [1.82, 2.24) is 4.57 Å². The molecule has 3 nitrogen and oxygen atoms in total. The second-order valence-electron chi connectivity index (χ2n) is 5.02. The van der Waals surface area contributed by atoms with Crippen molar-refractivity contribution >= 4 is 56.7 Å². The van der Waals surface area contributed by atoms with Gasteiger partial charge >= 0.3 is 0 Å². The van der Waals surface area contributed by atoms with Gasteiger partial charge in [0.1, 0.15) is 0 Å². The Kier molecular flexibility index (Phi) is 5.19. The van der Waals surface area contributed by atoms with E-state index in [1.807, 2.05) is 47.9 Å². The highest BCUT2D eigenvalue weighted by molar-refractivity contribution is 7.16. The van der Waals surface area contributed by atoms with E-state index in [9.17, 15) is 4.79 Å². The third-order valence-electron chi connectivity index (χ3n) is 3.48. The lowest BCUT2D eigenvalue weighted by molar-refractivity contribution is -0.113. The fourth-order valence-corrected chi connectivity index (χ4v) is 4.03. The summed E-state index contributed by atoms with van der Waals surface area (Å²) in [7, 11) is 0. The van der Waals surface area contributed by atoms with Crippen LogP contribution in [-0.4, -0.2) is 10.5 Å². The molecule has 6 heteroatoms. The number of para-hydroxylation sites is 1. The number of benzene rings is 2. The second-order valence-corrected chi connectivity index (χ2v) is 6.84. The van der Waals surface area contributed by atoms with Gasteiger partial charge in [0.2, 0.25) is 0 Å². The predicted octanol–water partition coefficient (Wildman–Crippen LogP) is 5.17. The van der Waals surface area contributed by atoms with E-state index < -0.39 is 0 Å². The van der Waals surface area contributed by atoms with E-state index in [4.69, 9.17) is 23.2 Å². The average Bonchev–Trinajstić information content (AvgIpc) is 2.92. The SMILES string of the molecule is CCn1c(=NC(=O)C=Cc2ccccc2Cl)sc2cccc(Cl)c21. The Morgan fingerprint density at radius 1 is 1.17 bits per heavy atom. The van der Waals surface area contributed by atoms with Crippen LogP contribution >= 0.6 is 34.5 Å². The quantitative estimate of drug-likeness (QED) is 0.580. The van der Waals surface area contributed by atoms with Gasteiger partial charge in [0.05, 0.1) is 15.2 Å². The molecule has 0 unspecified atom stereocenters. The molecule has 0 N–H and O–H groups in total. The third-order valence-corrected chi connectivity index (χ3v) is 5.18. The van der Waals surface area contributed by atoms with Crippen molar-refractivity contribution in [2.45, 2.75) is 13.5 Å². The van der Waals surface area contributed by atoms with Crippen LogP contribution in [0, 0.1) is 0 Å². The first-order valence-corrected chi connectivity index (χ1v) is 8.96. The predicted molar refractivity (Wildman–Crippen MR) is 102 cm³/mol. The Morgan fingerprint density at radius 3 is 2.67 bits per heavy atom. The van der Waals surface area contributed by atoms with Crippen molar-refractivity contribution in [2.75, 3.05) is 0 Å². The van der Waals surface area contributed by atoms with Crippen LogP contribution in [0.3, 0.4) is 0 Å². The van der Waals surface area contributed by atoms with Crippen molar-refractivity contribution in [2.24, 2.45) is 4.99 Å². The summed E-state index contributed by atoms with van der Waals surface area (Å²) in [6.45, 7) is 2.68. The van der Waals surface area contributed by atoms with Crippen molar-refractivity contribution in [3.63, 3.8) is 0 Å². The van der Waals surface area contributed by atoms with Crippen LogP contribution < -0.4 is 4.80 Å². The van der Waals surface area contributed by atoms with Crippen LogP contribution in [0.2, 0.25) is 10.0 Å². The number of fused-ring (bicyclic) bond motifs is 1. The topological polar surface area (TPSA) is 34.4 Å². The zero-order valence-corrected chi connectivity index (χ0v) is 15.2. The van der Waals surface area contributed by atoms with Gasteiger partial charge < -0.3 is 4.57 Å². The number of nitrogens with zero attached hydrogens (tertiary/aromatic N) is 2. The van der Waals surface area contributed by atoms with Crippen LogP contribution in [0.25, 0.3) is 16.3 Å². The van der Waals surface area contributed by atoms with E-state index >= 15 is 0 Å². The number of carbonyl (C=O) groups is 1. The van der Waals surface area contributed by atoms with Gasteiger partial charge in [-0.15, -0.1) is 0 Å². The molecule has 0 saturated carbocycles. The fraction of sp³-hybridized carbons (Fsp3) is 0.111. The van der Waals surface area contributed by atoms with Gasteiger partial charge in [-0.1, -0.05) is 58.8 Å². The Morgan fingerprint density at radius 2 is 1.92 bits per heavy atom. The molecular weight excluding hydrogens is 363 g/mol. The molecule has 0 radical (unpaired) electrons. The third kappa shape index (κ3) is 3.46. The van der Waals surface area contributed by atoms with Gasteiger partial charge in [-0.05, 0) is 36.8 Å². The van der Waals surface area contributed by atoms with E-state index in [1.54, 1.807) is 12.1 Å². The van der Waals surface area contributed by atoms with Crippen molar-refractivity contribution < 1.29 is 4.79 Å². The van der Waals surface area contributed by atoms with E-state index in [2.05, 4.69) is 4.99 Å². The van der Waals surface area contributed by atoms with Gasteiger partial charge in [0, 0.05) is 17.6 Å². The van der Waals surface area contributed by atoms with Crippen LogP contribution in [-0.2, 0) is 11.3 Å². The average molecular weight is 377 g/mol. The summed E-state index contributed by atoms with van der Waals surface area (Å²) in [5.74, 6) is -0.334. The number of hydrogen-bond acceptors (Lipinski definition) is 2. The Hall–Kier alpha value is -1.88. The summed E-state index contributed by atoms with van der Waals surface area (Å²) >= 11 is 13.8. The highest BCUT2D eigenvalue weighted by atomic mass is 35.5. The monoisotopic (exact) mass is 376 g/mol. The summed E-state index contributed by atoms with van der Waals surface area (Å²) < 4.78 is 2.95. The molecule has 3 rings (SSSR count). The maximum Gasteiger partial charge on any atom is 0.272 e. The summed E-state index contributed by atoms with van der Waals surface area (Å²) in [5.41, 5.74) is 1.69. The minimum Gasteiger partial charge on any atom is -0.315 e. The molecule has 0 fully saturated rings. The van der Waals surface area contributed by atoms with Gasteiger partial charge in [-0.3, -0.25) is 4.79 Å². The van der Waals surface area contributed by atoms with Gasteiger partial charge in [-0.2, -0.15) is 4.99 Å². The van der Waals surface area contributed by atoms with Crippen molar-refractivity contribution in [1.29, 1.82) is 0 Å². The Balaban J connectivity index is 1.99. The van der Waals surface area contributed by atoms with Crippen molar-refractivity contribution in [3.8, 4) is 0 Å². The molecule has 1 amide bonds. The number of aromatic nitrogens is 1. The standard InChI is InChI=1S/C18H14Cl2N2OS/c1-2-22-17-14(20)8-5-9-15(17)24-18(22)21-16(23)11-10-12-6-3-4-7-13(12)19/h3-11H,2H2,1H3. The first-order valence-electron chi connectivity index (χ1n) is 7.39. The van der Waals surface area contributed by atoms with E-state index in [-0.39, 0.29) is 5.91 Å². The normalized spacial score (nSPS) is 12.4. The number of aryl methyl sites for hydroxylation is 1. The second kappa shape index (κ2) is 7.34. The van der Waals surface area contributed by atoms with E-state index in [1.165, 1.54) is 17.4 Å². The first-order chi connectivity index (χ1) is 11.6. The van der Waals surface area contributed by atoms with E-state index in [0.29, 0.717) is 21.4 Å². The number of amides is 1. The molecule has 0 aliphatic carbocycles. The zero-order valence-electron chi connectivity index (χ0n) is 12.9. The summed E-state index contributed by atoms with van der Waals surface area (Å²) in [6.07, 6.45) is 3.10. The molecule has 1 heterocycles. The molecular formula is C18H14Cl2N2OS. The molecule has 0 aliphatic heterocycles. The molecule has 24 heavy (non-hydrogen) atoms. The van der Waals surface area contributed by atoms with Gasteiger partial charge in [-0.25, -0.2) is 0 Å². The van der Waals surface area contributed by atoms with Crippen molar-refractivity contribution in [3.05, 3.63) is 69.0 Å². The Bertz CT molecular complexity index is 1000. The molecule has 1 aromatic heterocycles. The lowest BCUT2D eigenvalue weighted by Gasteiger charge is -2.01. The molecule has 3 aromatic rings. The fourth-order valence-electron chi connectivity index (χ4n) is 2.37. The zero-order chi connectivity index (χ0) is 17.1. The summed E-state index contributed by atoms with van der Waals surface area (Å²) in [6, 6.07) is 13.0. The van der Waals surface area contributed by atoms with Gasteiger partial charge in [0.25, 0.3) is 5.91 Å². The minimum atomic E-state index is -0.334. The molecule has 0 atom stereocenters. The van der Waals surface area contributed by atoms with E-state index in [0.717, 1.165) is 15.8 Å². The first kappa shape index (κ1) is 17.0. The van der Waals surface area contributed by atoms with Crippen LogP contribution in [0.1, 0.15) is 12.5 Å². The molecule has 0 spiro atoms. The highest BCUT2D eigenvalue weighted by Crippen LogP contribution is 2.25. The minimum absolute atomic E-state index is 0.334. The molecule has 0 aliphatic rings. The summed E-state index contributed by atoms with van der Waals surface area (Å²) in [4.78, 5) is 17.0. The molecule has 2 aromatic carbocycles. The number of carbonyl (C=O) groups excluding carboxylic acids is 1. The highest BCUT2D eigenvalue weighted by Gasteiger charge is 2.08. The number of hydrogen-bond donors (Lipinski definition) is 0. The van der Waals surface area contributed by atoms with Crippen LogP contribution in [0.5, 0.6) is 0 Å². The lowest BCUT2D eigenvalue weighted by atomic mass is 10.2. The summed E-state index contributed by atoms with van der Waals surface area (Å²) in [5, 5.41) is 1.25. The number of thiazole rings is 1. The maximum atomic E-state index is 12.2. The number of rotatable bonds is 3. The lowest BCUT2D eigenvalue weighted by Crippen LogP contribution is -2.15. The Labute approximate surface area is 153 Å².